The summed E-state index contributed by atoms with van der Waals surface area (Å²) in [7, 11) is 0. The second kappa shape index (κ2) is 6.52. The number of aromatic nitrogens is 1. The van der Waals surface area contributed by atoms with Crippen molar-refractivity contribution in [2.45, 2.75) is 20.4 Å². The summed E-state index contributed by atoms with van der Waals surface area (Å²) in [4.78, 5) is 19.9. The molecule has 104 valence electrons. The zero-order valence-corrected chi connectivity index (χ0v) is 11.7. The molecule has 2 rings (SSSR count). The molecule has 1 saturated heterocycles. The molecule has 1 amide bonds. The van der Waals surface area contributed by atoms with Crippen molar-refractivity contribution >= 4 is 11.7 Å². The number of pyridine rings is 1. The van der Waals surface area contributed by atoms with Gasteiger partial charge in [-0.1, -0.05) is 6.07 Å². The number of hydrogen-bond donors (Lipinski definition) is 1. The van der Waals surface area contributed by atoms with Gasteiger partial charge in [0.15, 0.2) is 0 Å². The Bertz CT molecular complexity index is 410. The maximum absolute atomic E-state index is 11.3. The quantitative estimate of drug-likeness (QED) is 0.885. The van der Waals surface area contributed by atoms with Gasteiger partial charge < -0.3 is 10.2 Å². The Morgan fingerprint density at radius 3 is 2.58 bits per heavy atom. The molecule has 0 bridgehead atoms. The highest BCUT2D eigenvalue weighted by molar-refractivity contribution is 5.73. The average Bonchev–Trinajstić information content (AvgIpc) is 2.42. The second-order valence-electron chi connectivity index (χ2n) is 4.86. The van der Waals surface area contributed by atoms with Crippen molar-refractivity contribution in [2.24, 2.45) is 0 Å². The van der Waals surface area contributed by atoms with E-state index in [0.717, 1.165) is 45.1 Å². The standard InChI is InChI=1S/C14H22N4O/c1-3-15-14-5-4-13(10-16-14)11-17-6-8-18(9-7-17)12(2)19/h4-5,10H,3,6-9,11H2,1-2H3,(H,15,16). The van der Waals surface area contributed by atoms with Gasteiger partial charge in [-0.15, -0.1) is 0 Å². The number of rotatable bonds is 4. The van der Waals surface area contributed by atoms with Crippen LogP contribution < -0.4 is 5.32 Å². The molecule has 5 heteroatoms. The molecule has 1 aromatic rings. The van der Waals surface area contributed by atoms with Crippen LogP contribution in [-0.2, 0) is 11.3 Å². The Hall–Kier alpha value is -1.62. The van der Waals surface area contributed by atoms with E-state index in [9.17, 15) is 4.79 Å². The third-order valence-corrected chi connectivity index (χ3v) is 3.41. The van der Waals surface area contributed by atoms with Crippen LogP contribution in [0.4, 0.5) is 5.82 Å². The van der Waals surface area contributed by atoms with E-state index in [2.05, 4.69) is 28.2 Å². The van der Waals surface area contributed by atoms with Crippen molar-refractivity contribution in [3.8, 4) is 0 Å². The van der Waals surface area contributed by atoms with Crippen LogP contribution in [0.1, 0.15) is 19.4 Å². The normalized spacial score (nSPS) is 16.4. The maximum Gasteiger partial charge on any atom is 0.219 e. The van der Waals surface area contributed by atoms with E-state index in [1.807, 2.05) is 17.2 Å². The van der Waals surface area contributed by atoms with E-state index >= 15 is 0 Å². The molecule has 0 atom stereocenters. The monoisotopic (exact) mass is 262 g/mol. The molecule has 0 aromatic carbocycles. The van der Waals surface area contributed by atoms with Crippen LogP contribution in [0.15, 0.2) is 18.3 Å². The predicted octanol–water partition coefficient (Wildman–Crippen LogP) is 1.18. The number of nitrogens with one attached hydrogen (secondary N) is 1. The molecule has 1 fully saturated rings. The van der Waals surface area contributed by atoms with Crippen LogP contribution in [0.3, 0.4) is 0 Å². The Labute approximate surface area is 114 Å². The van der Waals surface area contributed by atoms with Gasteiger partial charge in [-0.25, -0.2) is 4.98 Å². The van der Waals surface area contributed by atoms with Gasteiger partial charge in [0, 0.05) is 52.4 Å². The highest BCUT2D eigenvalue weighted by Crippen LogP contribution is 2.10. The summed E-state index contributed by atoms with van der Waals surface area (Å²) in [5, 5.41) is 3.19. The first-order chi connectivity index (χ1) is 9.19. The Kier molecular flexibility index (Phi) is 4.74. The summed E-state index contributed by atoms with van der Waals surface area (Å²) >= 11 is 0. The molecule has 1 aromatic heterocycles. The van der Waals surface area contributed by atoms with Crippen molar-refractivity contribution in [1.82, 2.24) is 14.8 Å². The molecule has 19 heavy (non-hydrogen) atoms. The fraction of sp³-hybridized carbons (Fsp3) is 0.571. The summed E-state index contributed by atoms with van der Waals surface area (Å²) in [5.74, 6) is 1.10. The lowest BCUT2D eigenvalue weighted by Gasteiger charge is -2.34. The van der Waals surface area contributed by atoms with Crippen LogP contribution in [0.25, 0.3) is 0 Å². The highest BCUT2D eigenvalue weighted by Gasteiger charge is 2.18. The molecule has 5 nitrogen and oxygen atoms in total. The number of carbonyl (C=O) groups excluding carboxylic acids is 1. The minimum Gasteiger partial charge on any atom is -0.370 e. The number of carbonyl (C=O) groups is 1. The first-order valence-corrected chi connectivity index (χ1v) is 6.85. The minimum absolute atomic E-state index is 0.177. The lowest BCUT2D eigenvalue weighted by molar-refractivity contribution is -0.130. The van der Waals surface area contributed by atoms with Gasteiger partial charge >= 0.3 is 0 Å². The lowest BCUT2D eigenvalue weighted by atomic mass is 10.2. The van der Waals surface area contributed by atoms with Crippen molar-refractivity contribution in [3.05, 3.63) is 23.9 Å². The molecular formula is C14H22N4O. The first kappa shape index (κ1) is 13.8. The third-order valence-electron chi connectivity index (χ3n) is 3.41. The summed E-state index contributed by atoms with van der Waals surface area (Å²) < 4.78 is 0. The van der Waals surface area contributed by atoms with E-state index in [1.165, 1.54) is 5.56 Å². The van der Waals surface area contributed by atoms with Crippen LogP contribution in [0.2, 0.25) is 0 Å². The molecule has 1 aliphatic heterocycles. The van der Waals surface area contributed by atoms with Gasteiger partial charge in [0.25, 0.3) is 0 Å². The number of hydrogen-bond acceptors (Lipinski definition) is 4. The molecule has 0 saturated carbocycles. The maximum atomic E-state index is 11.3. The van der Waals surface area contributed by atoms with Crippen LogP contribution in [-0.4, -0.2) is 53.4 Å². The minimum atomic E-state index is 0.177. The largest absolute Gasteiger partial charge is 0.370 e. The highest BCUT2D eigenvalue weighted by atomic mass is 16.2. The van der Waals surface area contributed by atoms with E-state index < -0.39 is 0 Å². The lowest BCUT2D eigenvalue weighted by Crippen LogP contribution is -2.47. The fourth-order valence-corrected chi connectivity index (χ4v) is 2.28. The third kappa shape index (κ3) is 3.92. The Morgan fingerprint density at radius 2 is 2.05 bits per heavy atom. The van der Waals surface area contributed by atoms with Gasteiger partial charge in [0.05, 0.1) is 0 Å². The van der Waals surface area contributed by atoms with Crippen molar-refractivity contribution < 1.29 is 4.79 Å². The van der Waals surface area contributed by atoms with Crippen molar-refractivity contribution in [3.63, 3.8) is 0 Å². The Balaban J connectivity index is 1.83. The van der Waals surface area contributed by atoms with Gasteiger partial charge in [-0.2, -0.15) is 0 Å². The van der Waals surface area contributed by atoms with Crippen molar-refractivity contribution in [2.75, 3.05) is 38.0 Å². The molecule has 0 unspecified atom stereocenters. The molecule has 1 aliphatic rings. The van der Waals surface area contributed by atoms with Crippen LogP contribution >= 0.6 is 0 Å². The number of nitrogens with zero attached hydrogens (tertiary/aromatic N) is 3. The van der Waals surface area contributed by atoms with E-state index in [1.54, 1.807) is 6.92 Å². The van der Waals surface area contributed by atoms with E-state index in [-0.39, 0.29) is 5.91 Å². The topological polar surface area (TPSA) is 48.5 Å². The summed E-state index contributed by atoms with van der Waals surface area (Å²) in [5.41, 5.74) is 1.22. The van der Waals surface area contributed by atoms with E-state index in [0.29, 0.717) is 0 Å². The van der Waals surface area contributed by atoms with Crippen molar-refractivity contribution in [1.29, 1.82) is 0 Å². The van der Waals surface area contributed by atoms with Gasteiger partial charge in [0.2, 0.25) is 5.91 Å². The van der Waals surface area contributed by atoms with Crippen LogP contribution in [0, 0.1) is 0 Å². The Morgan fingerprint density at radius 1 is 1.32 bits per heavy atom. The SMILES string of the molecule is CCNc1ccc(CN2CCN(C(C)=O)CC2)cn1. The van der Waals surface area contributed by atoms with Gasteiger partial charge in [-0.05, 0) is 18.6 Å². The molecular weight excluding hydrogens is 240 g/mol. The van der Waals surface area contributed by atoms with Gasteiger partial charge in [0.1, 0.15) is 5.82 Å². The molecule has 1 N–H and O–H groups in total. The molecule has 0 spiro atoms. The first-order valence-electron chi connectivity index (χ1n) is 6.85. The summed E-state index contributed by atoms with van der Waals surface area (Å²) in [6, 6.07) is 4.13. The molecule has 0 radical (unpaired) electrons. The van der Waals surface area contributed by atoms with E-state index in [4.69, 9.17) is 0 Å². The zero-order valence-electron chi connectivity index (χ0n) is 11.7. The summed E-state index contributed by atoms with van der Waals surface area (Å²) in [6.07, 6.45) is 1.93. The molecule has 2 heterocycles. The van der Waals surface area contributed by atoms with Crippen LogP contribution in [0.5, 0.6) is 0 Å². The zero-order chi connectivity index (χ0) is 13.7. The predicted molar refractivity (Wildman–Crippen MR) is 75.9 cm³/mol. The van der Waals surface area contributed by atoms with Gasteiger partial charge in [-0.3, -0.25) is 9.69 Å². The number of piperazine rings is 1. The summed E-state index contributed by atoms with van der Waals surface area (Å²) in [6.45, 7) is 9.03. The second-order valence-corrected chi connectivity index (χ2v) is 4.86. The molecule has 0 aliphatic carbocycles. The fourth-order valence-electron chi connectivity index (χ4n) is 2.28. The smallest absolute Gasteiger partial charge is 0.219 e. The number of anilines is 1. The number of amides is 1. The average molecular weight is 262 g/mol.